The first-order valence-corrected chi connectivity index (χ1v) is 23.5. The summed E-state index contributed by atoms with van der Waals surface area (Å²) in [7, 11) is 0. The van der Waals surface area contributed by atoms with E-state index in [1.54, 1.807) is 20.8 Å². The maximum absolute atomic E-state index is 14.0. The Morgan fingerprint density at radius 2 is 1.35 bits per heavy atom. The van der Waals surface area contributed by atoms with Gasteiger partial charge in [0.25, 0.3) is 0 Å². The summed E-state index contributed by atoms with van der Waals surface area (Å²) >= 11 is 0. The molecule has 386 valence electrons. The number of amides is 7. The summed E-state index contributed by atoms with van der Waals surface area (Å²) in [5, 5.41) is 44.4. The molecule has 7 amide bonds. The van der Waals surface area contributed by atoms with E-state index >= 15 is 0 Å². The molecule has 1 heterocycles. The number of phenolic OH excluding ortho intramolecular Hbond substituents is 1. The van der Waals surface area contributed by atoms with Crippen LogP contribution in [0.3, 0.4) is 0 Å². The highest BCUT2D eigenvalue weighted by molar-refractivity contribution is 5.97. The highest BCUT2D eigenvalue weighted by Crippen LogP contribution is 2.21. The topological polar surface area (TPSA) is 406 Å². The molecule has 0 aromatic heterocycles. The molecule has 1 aliphatic rings. The number of phenols is 1. The van der Waals surface area contributed by atoms with Crippen LogP contribution < -0.4 is 54.8 Å². The van der Waals surface area contributed by atoms with Gasteiger partial charge in [-0.25, -0.2) is 4.79 Å². The number of rotatable bonds is 31. The number of nitrogens with one attached hydrogen (secondary N) is 6. The zero-order chi connectivity index (χ0) is 51.8. The molecule has 24 heteroatoms. The van der Waals surface area contributed by atoms with Gasteiger partial charge in [0.1, 0.15) is 42.0 Å². The number of aliphatic carboxylic acids is 2. The van der Waals surface area contributed by atoms with Crippen molar-refractivity contribution in [2.45, 2.75) is 147 Å². The molecular weight excluding hydrogens is 901 g/mol. The molecule has 17 N–H and O–H groups in total. The lowest BCUT2D eigenvalue weighted by molar-refractivity contribution is -0.143. The van der Waals surface area contributed by atoms with E-state index in [2.05, 4.69) is 36.9 Å². The average molecular weight is 975 g/mol. The Morgan fingerprint density at radius 1 is 0.754 bits per heavy atom. The first-order valence-electron chi connectivity index (χ1n) is 23.5. The Balaban J connectivity index is 2.26. The lowest BCUT2D eigenvalue weighted by Crippen LogP contribution is -2.59. The van der Waals surface area contributed by atoms with Crippen LogP contribution in [0.5, 0.6) is 5.75 Å². The number of benzene rings is 1. The summed E-state index contributed by atoms with van der Waals surface area (Å²) in [4.78, 5) is 124. The van der Waals surface area contributed by atoms with Crippen LogP contribution in [0.2, 0.25) is 0 Å². The number of nitrogens with two attached hydrogens (primary N) is 4. The van der Waals surface area contributed by atoms with Crippen LogP contribution in [-0.2, 0) is 49.6 Å². The average Bonchev–Trinajstić information content (AvgIpc) is 3.81. The summed E-state index contributed by atoms with van der Waals surface area (Å²) in [6, 6.07) is -2.71. The van der Waals surface area contributed by atoms with Crippen molar-refractivity contribution in [2.75, 3.05) is 26.2 Å². The van der Waals surface area contributed by atoms with Gasteiger partial charge >= 0.3 is 11.9 Å². The van der Waals surface area contributed by atoms with Gasteiger partial charge in [0.15, 0.2) is 5.96 Å². The molecule has 1 aliphatic heterocycles. The second-order valence-electron chi connectivity index (χ2n) is 17.4. The van der Waals surface area contributed by atoms with Crippen molar-refractivity contribution in [3.8, 4) is 5.75 Å². The lowest BCUT2D eigenvalue weighted by Gasteiger charge is -2.30. The van der Waals surface area contributed by atoms with Gasteiger partial charge in [-0.3, -0.25) is 43.3 Å². The number of carbonyl (C=O) groups is 9. The molecule has 0 aliphatic carbocycles. The number of carboxylic acids is 2. The van der Waals surface area contributed by atoms with Gasteiger partial charge in [-0.2, -0.15) is 0 Å². The molecule has 0 saturated carbocycles. The largest absolute Gasteiger partial charge is 0.508 e. The number of hydrogen-bond acceptors (Lipinski definition) is 13. The third kappa shape index (κ3) is 20.3. The van der Waals surface area contributed by atoms with Gasteiger partial charge in [0.05, 0.1) is 12.6 Å². The van der Waals surface area contributed by atoms with Crippen molar-refractivity contribution in [3.63, 3.8) is 0 Å². The Labute approximate surface area is 402 Å². The Hall–Kier alpha value is -6.56. The number of carboxylic acid groups (broad SMARTS) is 2. The highest BCUT2D eigenvalue weighted by Gasteiger charge is 2.39. The van der Waals surface area contributed by atoms with Crippen LogP contribution in [0.25, 0.3) is 0 Å². The number of unbranched alkanes of at least 4 members (excludes halogenated alkanes) is 1. The second-order valence-corrected chi connectivity index (χ2v) is 17.4. The molecule has 9 atom stereocenters. The molecule has 1 saturated heterocycles. The van der Waals surface area contributed by atoms with Crippen LogP contribution in [0.1, 0.15) is 104 Å². The van der Waals surface area contributed by atoms with Crippen molar-refractivity contribution in [2.24, 2.45) is 39.8 Å². The van der Waals surface area contributed by atoms with E-state index in [4.69, 9.17) is 22.9 Å². The minimum absolute atomic E-state index is 0.0236. The summed E-state index contributed by atoms with van der Waals surface area (Å²) in [6.45, 7) is 6.88. The van der Waals surface area contributed by atoms with Crippen LogP contribution in [0, 0.1) is 11.8 Å². The molecule has 2 rings (SSSR count). The molecule has 0 radical (unpaired) electrons. The maximum atomic E-state index is 14.0. The molecule has 0 unspecified atom stereocenters. The lowest BCUT2D eigenvalue weighted by atomic mass is 9.96. The summed E-state index contributed by atoms with van der Waals surface area (Å²) in [5.74, 6) is -8.68. The van der Waals surface area contributed by atoms with Gasteiger partial charge < -0.3 is 75.1 Å². The molecule has 24 nitrogen and oxygen atoms in total. The third-order valence-corrected chi connectivity index (χ3v) is 12.0. The molecule has 1 aromatic rings. The van der Waals surface area contributed by atoms with Crippen LogP contribution in [0.4, 0.5) is 0 Å². The second kappa shape index (κ2) is 30.0. The third-order valence-electron chi connectivity index (χ3n) is 12.0. The van der Waals surface area contributed by atoms with Gasteiger partial charge in [0.2, 0.25) is 41.4 Å². The van der Waals surface area contributed by atoms with Crippen LogP contribution >= 0.6 is 0 Å². The molecule has 1 aromatic carbocycles. The predicted octanol–water partition coefficient (Wildman–Crippen LogP) is -1.98. The minimum atomic E-state index is -1.39. The smallest absolute Gasteiger partial charge is 0.326 e. The van der Waals surface area contributed by atoms with E-state index in [1.165, 1.54) is 29.2 Å². The fourth-order valence-corrected chi connectivity index (χ4v) is 7.43. The minimum Gasteiger partial charge on any atom is -0.508 e. The molecule has 69 heavy (non-hydrogen) atoms. The van der Waals surface area contributed by atoms with Crippen LogP contribution in [-0.4, -0.2) is 148 Å². The molecule has 1 fully saturated rings. The van der Waals surface area contributed by atoms with E-state index in [1.807, 2.05) is 6.92 Å². The van der Waals surface area contributed by atoms with Crippen LogP contribution in [0.15, 0.2) is 29.3 Å². The quantitative estimate of drug-likeness (QED) is 0.0218. The zero-order valence-electron chi connectivity index (χ0n) is 40.0. The summed E-state index contributed by atoms with van der Waals surface area (Å²) < 4.78 is 0. The number of nitrogens with zero attached hydrogens (tertiary/aromatic N) is 2. The predicted molar refractivity (Wildman–Crippen MR) is 253 cm³/mol. The molecule has 0 bridgehead atoms. The fraction of sp³-hybridized carbons (Fsp3) is 0.644. The van der Waals surface area contributed by atoms with Crippen molar-refractivity contribution >= 4 is 59.2 Å². The number of aliphatic imine (C=N–C) groups is 1. The van der Waals surface area contributed by atoms with E-state index in [9.17, 15) is 58.5 Å². The normalized spacial score (nSPS) is 16.7. The van der Waals surface area contributed by atoms with Crippen molar-refractivity contribution < 1.29 is 58.5 Å². The fourth-order valence-electron chi connectivity index (χ4n) is 7.43. The molecule has 0 spiro atoms. The van der Waals surface area contributed by atoms with E-state index in [0.29, 0.717) is 37.7 Å². The van der Waals surface area contributed by atoms with E-state index < -0.39 is 114 Å². The maximum Gasteiger partial charge on any atom is 0.326 e. The number of hydrogen-bond donors (Lipinski definition) is 13. The van der Waals surface area contributed by atoms with E-state index in [0.717, 1.165) is 0 Å². The number of aromatic hydroxyl groups is 1. The number of likely N-dealkylation sites (tertiary alicyclic amines) is 1. The number of guanidine groups is 1. The van der Waals surface area contributed by atoms with Gasteiger partial charge in [-0.05, 0) is 87.4 Å². The van der Waals surface area contributed by atoms with Crippen molar-refractivity contribution in [3.05, 3.63) is 29.8 Å². The Bertz CT molecular complexity index is 1930. The summed E-state index contributed by atoms with van der Waals surface area (Å²) in [6.07, 6.45) is 1.79. The number of carbonyl (C=O) groups excluding carboxylic acids is 7. The SMILES string of the molecule is CC[C@H](C)[C@H](N)C(=O)N[C@@H](CCC(=O)O)C(=O)N1CCC[C@H]1C(=O)NCC(=O)N[C@@H](CCCN=C(N)N)C(=O)N[C@@H](CCCCN)C(=O)N[C@H](C(=O)N[C@@H](Cc1ccc(O)cc1)C(=O)O)[C@@H](C)CC. The van der Waals surface area contributed by atoms with Crippen molar-refractivity contribution in [1.82, 2.24) is 36.8 Å². The zero-order valence-corrected chi connectivity index (χ0v) is 40.0. The first kappa shape index (κ1) is 58.6. The first-order chi connectivity index (χ1) is 32.6. The standard InChI is InChI=1S/C45H74N12O12/c1-5-25(3)36(47)41(65)54-31(18-19-35(60)61)43(67)57-22-10-13-33(57)40(64)51-24-34(59)52-29(12-9-21-50-45(48)49)38(62)53-30(11-7-8-20-46)39(63)56-37(26(4)6-2)42(66)55-32(44(68)69)23-27-14-16-28(58)17-15-27/h14-17,25-26,29-33,36-37,58H,5-13,18-24,46-47H2,1-4H3,(H,51,64)(H,52,59)(H,53,62)(H,54,65)(H,55,66)(H,56,63)(H,60,61)(H,68,69)(H4,48,49,50)/t25-,26-,29-,30-,31-,32-,33-,36-,37-/m0/s1. The van der Waals surface area contributed by atoms with E-state index in [-0.39, 0.29) is 75.8 Å². The van der Waals surface area contributed by atoms with Gasteiger partial charge in [0, 0.05) is 25.9 Å². The van der Waals surface area contributed by atoms with Crippen molar-refractivity contribution in [1.29, 1.82) is 0 Å². The van der Waals surface area contributed by atoms with Gasteiger partial charge in [-0.1, -0.05) is 52.7 Å². The Kier molecular flexibility index (Phi) is 25.5. The highest BCUT2D eigenvalue weighted by atomic mass is 16.4. The summed E-state index contributed by atoms with van der Waals surface area (Å²) in [5.41, 5.74) is 23.2. The molecular formula is C45H74N12O12. The monoisotopic (exact) mass is 975 g/mol. The van der Waals surface area contributed by atoms with Gasteiger partial charge in [-0.15, -0.1) is 0 Å². The Morgan fingerprint density at radius 3 is 1.94 bits per heavy atom.